The Hall–Kier alpha value is -4.04. The van der Waals surface area contributed by atoms with E-state index >= 15 is 0 Å². The quantitative estimate of drug-likeness (QED) is 0.134. The number of aliphatic hydroxyl groups excluding tert-OH is 2. The Bertz CT molecular complexity index is 1870. The Balaban J connectivity index is 1.30. The summed E-state index contributed by atoms with van der Waals surface area (Å²) >= 11 is 0. The number of carbonyl (C=O) groups excluding carboxylic acids is 2. The van der Waals surface area contributed by atoms with Crippen LogP contribution in [0.4, 0.5) is 5.69 Å². The molecule has 0 aromatic heterocycles. The summed E-state index contributed by atoms with van der Waals surface area (Å²) in [4.78, 5) is 38.9. The highest BCUT2D eigenvalue weighted by atomic mass is 16.7. The van der Waals surface area contributed by atoms with E-state index in [4.69, 9.17) is 15.3 Å². The first-order chi connectivity index (χ1) is 27.7. The molecule has 1 saturated heterocycles. The highest BCUT2D eigenvalue weighted by molar-refractivity contribution is 5.97. The second-order valence-electron chi connectivity index (χ2n) is 17.8. The third-order valence-electron chi connectivity index (χ3n) is 13.4. The molecule has 3 aromatic rings. The van der Waals surface area contributed by atoms with Crippen molar-refractivity contribution in [2.75, 3.05) is 59.4 Å². The van der Waals surface area contributed by atoms with Crippen LogP contribution in [0.2, 0.25) is 0 Å². The largest absolute Gasteiger partial charge is 0.496 e. The van der Waals surface area contributed by atoms with E-state index in [1.165, 1.54) is 6.42 Å². The molecular formula is C46H66N6O6. The van der Waals surface area contributed by atoms with Crippen molar-refractivity contribution in [3.63, 3.8) is 0 Å². The number of ether oxygens (including phenoxy) is 1. The van der Waals surface area contributed by atoms with Crippen LogP contribution in [0, 0.1) is 29.1 Å². The number of amides is 2. The van der Waals surface area contributed by atoms with Crippen molar-refractivity contribution in [2.24, 2.45) is 34.8 Å². The van der Waals surface area contributed by atoms with E-state index < -0.39 is 24.2 Å². The number of aliphatic hydroxyl groups is 2. The number of nitrogens with zero attached hydrogens (tertiary/aromatic N) is 3. The fourth-order valence-corrected chi connectivity index (χ4v) is 10.0. The van der Waals surface area contributed by atoms with Gasteiger partial charge in [0.25, 0.3) is 5.91 Å². The Labute approximate surface area is 345 Å². The van der Waals surface area contributed by atoms with Gasteiger partial charge in [0, 0.05) is 67.1 Å². The molecule has 316 valence electrons. The van der Waals surface area contributed by atoms with Crippen molar-refractivity contribution < 1.29 is 29.4 Å². The van der Waals surface area contributed by atoms with Crippen molar-refractivity contribution in [1.82, 2.24) is 20.6 Å². The number of benzene rings is 3. The topological polar surface area (TPSA) is 153 Å². The summed E-state index contributed by atoms with van der Waals surface area (Å²) in [6.45, 7) is 9.95. The van der Waals surface area contributed by atoms with Gasteiger partial charge in [0.05, 0.1) is 32.5 Å². The van der Waals surface area contributed by atoms with Gasteiger partial charge in [-0.05, 0) is 92.8 Å². The van der Waals surface area contributed by atoms with Gasteiger partial charge in [0.2, 0.25) is 5.91 Å². The summed E-state index contributed by atoms with van der Waals surface area (Å²) in [6, 6.07) is 20.8. The minimum absolute atomic E-state index is 0.0506. The fourth-order valence-electron chi connectivity index (χ4n) is 10.0. The van der Waals surface area contributed by atoms with Crippen LogP contribution >= 0.6 is 0 Å². The van der Waals surface area contributed by atoms with E-state index in [-0.39, 0.29) is 49.0 Å². The monoisotopic (exact) mass is 799 g/mol. The van der Waals surface area contributed by atoms with Gasteiger partial charge in [-0.3, -0.25) is 14.4 Å². The lowest BCUT2D eigenvalue weighted by Crippen LogP contribution is -2.62. The van der Waals surface area contributed by atoms with Crippen LogP contribution in [0.3, 0.4) is 0 Å². The van der Waals surface area contributed by atoms with Crippen LogP contribution in [-0.4, -0.2) is 117 Å². The Kier molecular flexibility index (Phi) is 13.9. The van der Waals surface area contributed by atoms with Crippen LogP contribution in [0.15, 0.2) is 66.7 Å². The molecule has 1 heterocycles. The number of likely N-dealkylation sites (N-methyl/N-ethyl adjacent to an activating group) is 2. The number of methoxy groups -OCH3 is 1. The van der Waals surface area contributed by atoms with Crippen molar-refractivity contribution >= 4 is 17.5 Å². The van der Waals surface area contributed by atoms with Gasteiger partial charge in [-0.1, -0.05) is 69.3 Å². The molecule has 1 aliphatic heterocycles. The molecule has 4 fully saturated rings. The second-order valence-corrected chi connectivity index (χ2v) is 17.8. The number of hydroxylamine groups is 2. The molecule has 12 nitrogen and oxygen atoms in total. The van der Waals surface area contributed by atoms with E-state index in [9.17, 15) is 19.8 Å². The molecule has 0 radical (unpaired) electrons. The number of rotatable bonds is 17. The fraction of sp³-hybridized carbons (Fsp3) is 0.565. The lowest BCUT2D eigenvalue weighted by Gasteiger charge is -2.62. The SMILES string of the molecule is COc1c(CN2O[C@@H](CN)[C@@H]([C@H](C)O)[C@H]2C(=O)N[C@H]2C[C@H]3C[C@@H]([C@@H]2C)C3(C)C)cccc1-c1cc(C(=O)NC(Cc2ccccc2)CN(C)C)cc(N(C)CCO)c1. The number of hydrogen-bond donors (Lipinski definition) is 5. The summed E-state index contributed by atoms with van der Waals surface area (Å²) in [5, 5.41) is 29.2. The van der Waals surface area contributed by atoms with Crippen LogP contribution < -0.4 is 26.0 Å². The molecule has 2 bridgehead atoms. The maximum Gasteiger partial charge on any atom is 0.251 e. The zero-order chi connectivity index (χ0) is 41.9. The predicted molar refractivity (Wildman–Crippen MR) is 228 cm³/mol. The zero-order valence-corrected chi connectivity index (χ0v) is 35.7. The molecule has 3 saturated carbocycles. The minimum Gasteiger partial charge on any atom is -0.496 e. The predicted octanol–water partition coefficient (Wildman–Crippen LogP) is 4.32. The number of carbonyl (C=O) groups is 2. The van der Waals surface area contributed by atoms with E-state index in [1.54, 1.807) is 19.1 Å². The average Bonchev–Trinajstić information content (AvgIpc) is 3.57. The number of hydrogen-bond acceptors (Lipinski definition) is 10. The number of nitrogens with two attached hydrogens (primary N) is 1. The van der Waals surface area contributed by atoms with Crippen LogP contribution in [-0.2, 0) is 22.6 Å². The van der Waals surface area contributed by atoms with Crippen LogP contribution in [0.5, 0.6) is 5.75 Å². The van der Waals surface area contributed by atoms with Crippen molar-refractivity contribution in [3.05, 3.63) is 83.4 Å². The number of para-hydroxylation sites is 1. The second kappa shape index (κ2) is 18.5. The van der Waals surface area contributed by atoms with E-state index in [0.29, 0.717) is 48.6 Å². The zero-order valence-electron chi connectivity index (χ0n) is 35.7. The third kappa shape index (κ3) is 9.22. The van der Waals surface area contributed by atoms with Gasteiger partial charge in [0.15, 0.2) is 0 Å². The van der Waals surface area contributed by atoms with E-state index in [2.05, 4.69) is 48.4 Å². The lowest BCUT2D eigenvalue weighted by atomic mass is 9.45. The Morgan fingerprint density at radius 1 is 1.07 bits per heavy atom. The van der Waals surface area contributed by atoms with Gasteiger partial charge in [-0.25, -0.2) is 0 Å². The molecule has 2 amide bonds. The molecule has 7 rings (SSSR count). The third-order valence-corrected chi connectivity index (χ3v) is 13.4. The molecule has 12 heteroatoms. The smallest absolute Gasteiger partial charge is 0.251 e. The molecule has 9 atom stereocenters. The van der Waals surface area contributed by atoms with Crippen LogP contribution in [0.25, 0.3) is 11.1 Å². The van der Waals surface area contributed by atoms with Gasteiger partial charge < -0.3 is 41.1 Å². The normalized spacial score (nSPS) is 26.1. The molecule has 4 aliphatic rings. The number of fused-ring (bicyclic) bond motifs is 2. The van der Waals surface area contributed by atoms with Gasteiger partial charge in [-0.2, -0.15) is 5.06 Å². The van der Waals surface area contributed by atoms with E-state index in [0.717, 1.165) is 34.4 Å². The van der Waals surface area contributed by atoms with Gasteiger partial charge >= 0.3 is 0 Å². The van der Waals surface area contributed by atoms with Crippen LogP contribution in [0.1, 0.15) is 62.0 Å². The number of nitrogens with one attached hydrogen (secondary N) is 2. The molecule has 3 aromatic carbocycles. The molecule has 1 unspecified atom stereocenters. The summed E-state index contributed by atoms with van der Waals surface area (Å²) < 4.78 is 6.14. The Morgan fingerprint density at radius 3 is 2.43 bits per heavy atom. The standard InChI is InChI=1S/C46H66N6O6/c1-28-38-23-34(46(38,3)4)24-39(28)49-45(56)42-41(29(2)54)40(25-47)58-52(42)26-31-15-12-16-37(43(31)57-8)32-20-33(22-36(21-32)51(7)17-18-53)44(55)48-35(27-50(5)6)19-30-13-10-9-11-14-30/h9-16,20-22,28-29,34-35,38-42,53-54H,17-19,23-27,47H2,1-8H3,(H,48,55)(H,49,56)/t28-,29-,34+,35?,38-,39-,40-,41+,42-/m0/s1. The summed E-state index contributed by atoms with van der Waals surface area (Å²) in [6.07, 6.45) is 1.43. The maximum absolute atomic E-state index is 14.4. The first kappa shape index (κ1) is 43.5. The van der Waals surface area contributed by atoms with E-state index in [1.807, 2.05) is 80.6 Å². The van der Waals surface area contributed by atoms with Gasteiger partial charge in [0.1, 0.15) is 11.8 Å². The van der Waals surface area contributed by atoms with Crippen molar-refractivity contribution in [3.8, 4) is 16.9 Å². The highest BCUT2D eigenvalue weighted by Crippen LogP contribution is 2.61. The van der Waals surface area contributed by atoms with Gasteiger partial charge in [-0.15, -0.1) is 0 Å². The number of anilines is 1. The summed E-state index contributed by atoms with van der Waals surface area (Å²) in [5.74, 6) is 1.14. The average molecular weight is 799 g/mol. The molecule has 6 N–H and O–H groups in total. The maximum atomic E-state index is 14.4. The lowest BCUT2D eigenvalue weighted by molar-refractivity contribution is -0.175. The molecule has 58 heavy (non-hydrogen) atoms. The molecule has 0 spiro atoms. The van der Waals surface area contributed by atoms with Crippen molar-refractivity contribution in [2.45, 2.75) is 83.8 Å². The molecular weight excluding hydrogens is 733 g/mol. The minimum atomic E-state index is -0.841. The summed E-state index contributed by atoms with van der Waals surface area (Å²) in [5.41, 5.74) is 11.1. The van der Waals surface area contributed by atoms with Crippen molar-refractivity contribution in [1.29, 1.82) is 0 Å². The highest BCUT2D eigenvalue weighted by Gasteiger charge is 2.57. The molecule has 3 aliphatic carbocycles. The first-order valence-corrected chi connectivity index (χ1v) is 20.9. The first-order valence-electron chi connectivity index (χ1n) is 20.9. The Morgan fingerprint density at radius 2 is 1.81 bits per heavy atom. The summed E-state index contributed by atoms with van der Waals surface area (Å²) in [7, 11) is 7.48.